The van der Waals surface area contributed by atoms with Crippen LogP contribution in [0.15, 0.2) is 67.0 Å². The molecule has 4 rings (SSSR count). The Morgan fingerprint density at radius 1 is 1.03 bits per heavy atom. The van der Waals surface area contributed by atoms with E-state index < -0.39 is 17.9 Å². The standard InChI is InChI=1S/C25H24N6O4/c1-15-5-4-6-16(2)22(15)27-25(34)23(18-9-12-20(32)21(13-18)35-3)28-24(33)17-7-10-19(11-8-17)31-14-26-29-30-31/h4-14,23,32H,1-3H3,(H,27,34)(H,28,33)/t23-/m0/s1. The highest BCUT2D eigenvalue weighted by atomic mass is 16.5. The molecule has 0 fully saturated rings. The largest absolute Gasteiger partial charge is 0.504 e. The summed E-state index contributed by atoms with van der Waals surface area (Å²) in [5, 5.41) is 26.7. The van der Waals surface area contributed by atoms with E-state index in [-0.39, 0.29) is 11.5 Å². The van der Waals surface area contributed by atoms with E-state index in [1.807, 2.05) is 32.0 Å². The van der Waals surface area contributed by atoms with E-state index >= 15 is 0 Å². The van der Waals surface area contributed by atoms with E-state index in [2.05, 4.69) is 26.2 Å². The zero-order chi connectivity index (χ0) is 24.9. The normalized spacial score (nSPS) is 11.5. The molecule has 0 unspecified atom stereocenters. The average molecular weight is 473 g/mol. The molecule has 3 aromatic carbocycles. The second-order valence-electron chi connectivity index (χ2n) is 7.90. The van der Waals surface area contributed by atoms with Crippen LogP contribution in [0.25, 0.3) is 5.69 Å². The molecule has 178 valence electrons. The first-order valence-corrected chi connectivity index (χ1v) is 10.8. The summed E-state index contributed by atoms with van der Waals surface area (Å²) in [5.41, 5.74) is 3.93. The highest BCUT2D eigenvalue weighted by molar-refractivity contribution is 6.02. The maximum Gasteiger partial charge on any atom is 0.252 e. The Hall–Kier alpha value is -4.73. The van der Waals surface area contributed by atoms with Crippen LogP contribution in [0.2, 0.25) is 0 Å². The number of methoxy groups -OCH3 is 1. The van der Waals surface area contributed by atoms with Crippen molar-refractivity contribution in [2.75, 3.05) is 12.4 Å². The zero-order valence-corrected chi connectivity index (χ0v) is 19.4. The van der Waals surface area contributed by atoms with Gasteiger partial charge in [0.25, 0.3) is 11.8 Å². The molecular formula is C25H24N6O4. The molecule has 0 spiro atoms. The van der Waals surface area contributed by atoms with E-state index in [1.54, 1.807) is 30.3 Å². The van der Waals surface area contributed by atoms with E-state index in [9.17, 15) is 14.7 Å². The highest BCUT2D eigenvalue weighted by Gasteiger charge is 2.25. The minimum atomic E-state index is -1.06. The van der Waals surface area contributed by atoms with Crippen LogP contribution in [-0.4, -0.2) is 44.2 Å². The van der Waals surface area contributed by atoms with Gasteiger partial charge in [-0.3, -0.25) is 9.59 Å². The number of anilines is 1. The lowest BCUT2D eigenvalue weighted by atomic mass is 10.0. The van der Waals surface area contributed by atoms with Crippen molar-refractivity contribution in [3.8, 4) is 17.2 Å². The van der Waals surface area contributed by atoms with Gasteiger partial charge in [0.05, 0.1) is 12.8 Å². The Bertz CT molecular complexity index is 1330. The van der Waals surface area contributed by atoms with Gasteiger partial charge in [-0.15, -0.1) is 5.10 Å². The van der Waals surface area contributed by atoms with Gasteiger partial charge in [0.15, 0.2) is 11.5 Å². The molecule has 1 atom stereocenters. The number of amides is 2. The van der Waals surface area contributed by atoms with E-state index in [4.69, 9.17) is 4.74 Å². The van der Waals surface area contributed by atoms with Crippen molar-refractivity contribution in [3.63, 3.8) is 0 Å². The van der Waals surface area contributed by atoms with Crippen molar-refractivity contribution in [1.29, 1.82) is 0 Å². The number of aryl methyl sites for hydroxylation is 2. The van der Waals surface area contributed by atoms with Crippen LogP contribution in [0, 0.1) is 13.8 Å². The Balaban J connectivity index is 1.63. The lowest BCUT2D eigenvalue weighted by molar-refractivity contribution is -0.118. The Morgan fingerprint density at radius 3 is 2.37 bits per heavy atom. The maximum absolute atomic E-state index is 13.4. The third-order valence-corrected chi connectivity index (χ3v) is 5.55. The molecule has 0 bridgehead atoms. The van der Waals surface area contributed by atoms with Crippen LogP contribution in [0.3, 0.4) is 0 Å². The van der Waals surface area contributed by atoms with Gasteiger partial charge in [0.2, 0.25) is 0 Å². The molecule has 0 aliphatic rings. The fourth-order valence-electron chi connectivity index (χ4n) is 3.64. The number of hydrogen-bond donors (Lipinski definition) is 3. The second-order valence-corrected chi connectivity index (χ2v) is 7.90. The summed E-state index contributed by atoms with van der Waals surface area (Å²) in [6.07, 6.45) is 1.45. The molecule has 0 saturated heterocycles. The predicted octanol–water partition coefficient (Wildman–Crippen LogP) is 3.10. The molecule has 0 radical (unpaired) electrons. The Labute approximate surface area is 201 Å². The average Bonchev–Trinajstić information content (AvgIpc) is 3.40. The summed E-state index contributed by atoms with van der Waals surface area (Å²) in [4.78, 5) is 26.5. The van der Waals surface area contributed by atoms with Gasteiger partial charge in [-0.2, -0.15) is 0 Å². The molecule has 35 heavy (non-hydrogen) atoms. The molecule has 2 amide bonds. The van der Waals surface area contributed by atoms with Crippen LogP contribution < -0.4 is 15.4 Å². The number of ether oxygens (including phenoxy) is 1. The van der Waals surface area contributed by atoms with E-state index in [0.717, 1.165) is 11.1 Å². The number of tetrazole rings is 1. The summed E-state index contributed by atoms with van der Waals surface area (Å²) >= 11 is 0. The van der Waals surface area contributed by atoms with Gasteiger partial charge in [0.1, 0.15) is 12.4 Å². The Morgan fingerprint density at radius 2 is 1.74 bits per heavy atom. The van der Waals surface area contributed by atoms with Crippen molar-refractivity contribution in [3.05, 3.63) is 89.2 Å². The van der Waals surface area contributed by atoms with Gasteiger partial charge in [0, 0.05) is 11.3 Å². The van der Waals surface area contributed by atoms with Crippen molar-refractivity contribution >= 4 is 17.5 Å². The number of benzene rings is 3. The number of carbonyl (C=O) groups excluding carboxylic acids is 2. The molecular weight excluding hydrogens is 448 g/mol. The zero-order valence-electron chi connectivity index (χ0n) is 19.4. The fourth-order valence-corrected chi connectivity index (χ4v) is 3.64. The summed E-state index contributed by atoms with van der Waals surface area (Å²) in [5.74, 6) is -0.780. The first kappa shape index (κ1) is 23.4. The molecule has 10 heteroatoms. The Kier molecular flexibility index (Phi) is 6.72. The quantitative estimate of drug-likeness (QED) is 0.377. The number of phenols is 1. The number of carbonyl (C=O) groups is 2. The van der Waals surface area contributed by atoms with E-state index in [0.29, 0.717) is 22.5 Å². The lowest BCUT2D eigenvalue weighted by Gasteiger charge is -2.21. The molecule has 3 N–H and O–H groups in total. The molecule has 0 aliphatic carbocycles. The third kappa shape index (κ3) is 5.11. The summed E-state index contributed by atoms with van der Waals surface area (Å²) in [6, 6.07) is 15.8. The van der Waals surface area contributed by atoms with Crippen LogP contribution in [0.4, 0.5) is 5.69 Å². The number of para-hydroxylation sites is 1. The van der Waals surface area contributed by atoms with Gasteiger partial charge in [-0.05, 0) is 77.4 Å². The van der Waals surface area contributed by atoms with Crippen molar-refractivity contribution in [1.82, 2.24) is 25.5 Å². The number of hydrogen-bond acceptors (Lipinski definition) is 7. The van der Waals surface area contributed by atoms with Gasteiger partial charge < -0.3 is 20.5 Å². The van der Waals surface area contributed by atoms with Crippen LogP contribution in [0.1, 0.15) is 33.1 Å². The summed E-state index contributed by atoms with van der Waals surface area (Å²) in [6.45, 7) is 3.79. The third-order valence-electron chi connectivity index (χ3n) is 5.55. The molecule has 0 aliphatic heterocycles. The highest BCUT2D eigenvalue weighted by Crippen LogP contribution is 2.30. The van der Waals surface area contributed by atoms with Gasteiger partial charge >= 0.3 is 0 Å². The minimum absolute atomic E-state index is 0.0744. The number of aromatic hydroxyl groups is 1. The van der Waals surface area contributed by atoms with Gasteiger partial charge in [-0.25, -0.2) is 4.68 Å². The molecule has 0 saturated carbocycles. The van der Waals surface area contributed by atoms with Crippen LogP contribution in [-0.2, 0) is 4.79 Å². The van der Waals surface area contributed by atoms with E-state index in [1.165, 1.54) is 30.3 Å². The number of phenolic OH excluding ortho intramolecular Hbond substituents is 1. The summed E-state index contributed by atoms with van der Waals surface area (Å²) in [7, 11) is 1.41. The lowest BCUT2D eigenvalue weighted by Crippen LogP contribution is -2.37. The second kappa shape index (κ2) is 10.0. The molecule has 1 heterocycles. The smallest absolute Gasteiger partial charge is 0.252 e. The minimum Gasteiger partial charge on any atom is -0.504 e. The van der Waals surface area contributed by atoms with Crippen molar-refractivity contribution in [2.45, 2.75) is 19.9 Å². The number of nitrogens with one attached hydrogen (secondary N) is 2. The van der Waals surface area contributed by atoms with Gasteiger partial charge in [-0.1, -0.05) is 24.3 Å². The summed E-state index contributed by atoms with van der Waals surface area (Å²) < 4.78 is 6.66. The SMILES string of the molecule is COc1cc([C@H](NC(=O)c2ccc(-n3cnnn3)cc2)C(=O)Nc2c(C)cccc2C)ccc1O. The fraction of sp³-hybridized carbons (Fsp3) is 0.160. The maximum atomic E-state index is 13.4. The first-order valence-electron chi connectivity index (χ1n) is 10.8. The monoisotopic (exact) mass is 472 g/mol. The molecule has 1 aromatic heterocycles. The number of rotatable bonds is 7. The van der Waals surface area contributed by atoms with Crippen LogP contribution in [0.5, 0.6) is 11.5 Å². The van der Waals surface area contributed by atoms with Crippen LogP contribution >= 0.6 is 0 Å². The van der Waals surface area contributed by atoms with Crippen molar-refractivity contribution in [2.24, 2.45) is 0 Å². The first-order chi connectivity index (χ1) is 16.9. The number of aromatic nitrogens is 4. The van der Waals surface area contributed by atoms with Crippen molar-refractivity contribution < 1.29 is 19.4 Å². The molecule has 4 aromatic rings. The predicted molar refractivity (Wildman–Crippen MR) is 129 cm³/mol. The topological polar surface area (TPSA) is 131 Å². The molecule has 10 nitrogen and oxygen atoms in total. The number of nitrogens with zero attached hydrogens (tertiary/aromatic N) is 4.